The molecule has 0 aliphatic rings. The first kappa shape index (κ1) is 17.8. The van der Waals surface area contributed by atoms with Gasteiger partial charge < -0.3 is 9.15 Å². The van der Waals surface area contributed by atoms with Gasteiger partial charge in [0.15, 0.2) is 0 Å². The maximum atomic E-state index is 11.9. The van der Waals surface area contributed by atoms with Crippen LogP contribution in [0.5, 0.6) is 0 Å². The second kappa shape index (κ2) is 8.36. The van der Waals surface area contributed by atoms with Crippen molar-refractivity contribution in [1.82, 2.24) is 0 Å². The molecule has 128 valence electrons. The Bertz CT molecular complexity index is 937. The maximum absolute atomic E-state index is 11.9. The molecule has 0 N–H and O–H groups in total. The van der Waals surface area contributed by atoms with Crippen LogP contribution < -0.4 is 5.63 Å². The summed E-state index contributed by atoms with van der Waals surface area (Å²) in [5, 5.41) is 0.759. The number of ether oxygens (including phenoxy) is 1. The van der Waals surface area contributed by atoms with E-state index in [1.807, 2.05) is 42.5 Å². The minimum Gasteiger partial charge on any atom is -0.461 e. The topological polar surface area (TPSA) is 56.5 Å². The van der Waals surface area contributed by atoms with Gasteiger partial charge in [0, 0.05) is 32.1 Å². The van der Waals surface area contributed by atoms with Gasteiger partial charge in [0.2, 0.25) is 0 Å². The minimum atomic E-state index is -0.462. The number of hydrogen-bond donors (Lipinski definition) is 0. The first-order chi connectivity index (χ1) is 12.1. The molecule has 0 bridgehead atoms. The van der Waals surface area contributed by atoms with Crippen molar-refractivity contribution < 1.29 is 13.9 Å². The Balaban J connectivity index is 1.59. The molecule has 0 unspecified atom stereocenters. The van der Waals surface area contributed by atoms with Crippen LogP contribution in [-0.2, 0) is 16.1 Å². The molecular formula is C19H15BrO4S. The van der Waals surface area contributed by atoms with Crippen molar-refractivity contribution in [2.24, 2.45) is 0 Å². The van der Waals surface area contributed by atoms with Crippen LogP contribution in [-0.4, -0.2) is 11.7 Å². The highest BCUT2D eigenvalue weighted by Crippen LogP contribution is 2.22. The highest BCUT2D eigenvalue weighted by molar-refractivity contribution is 9.10. The number of thioether (sulfide) groups is 1. The third-order valence-corrected chi connectivity index (χ3v) is 5.01. The van der Waals surface area contributed by atoms with Crippen molar-refractivity contribution in [2.45, 2.75) is 17.9 Å². The van der Waals surface area contributed by atoms with E-state index in [0.29, 0.717) is 23.3 Å². The number of benzene rings is 2. The average molecular weight is 419 g/mol. The third kappa shape index (κ3) is 4.96. The largest absolute Gasteiger partial charge is 0.461 e. The molecule has 0 atom stereocenters. The van der Waals surface area contributed by atoms with E-state index in [9.17, 15) is 9.59 Å². The Morgan fingerprint density at radius 1 is 1.12 bits per heavy atom. The van der Waals surface area contributed by atoms with Gasteiger partial charge in [0.05, 0.1) is 6.42 Å². The number of carbonyl (C=O) groups excluding carboxylic acids is 1. The molecule has 0 aliphatic heterocycles. The number of fused-ring (bicyclic) bond motifs is 1. The van der Waals surface area contributed by atoms with Crippen LogP contribution in [0.15, 0.2) is 73.2 Å². The third-order valence-electron chi connectivity index (χ3n) is 3.50. The van der Waals surface area contributed by atoms with Crippen LogP contribution in [0, 0.1) is 0 Å². The molecule has 0 radical (unpaired) electrons. The number of hydrogen-bond acceptors (Lipinski definition) is 5. The Labute approximate surface area is 157 Å². The van der Waals surface area contributed by atoms with E-state index in [4.69, 9.17) is 9.15 Å². The normalized spacial score (nSPS) is 10.8. The van der Waals surface area contributed by atoms with E-state index in [2.05, 4.69) is 15.9 Å². The van der Waals surface area contributed by atoms with Crippen LogP contribution in [0.1, 0.15) is 12.0 Å². The second-order valence-electron chi connectivity index (χ2n) is 5.30. The number of halogens is 1. The van der Waals surface area contributed by atoms with E-state index in [-0.39, 0.29) is 12.6 Å². The molecule has 0 aliphatic carbocycles. The summed E-state index contributed by atoms with van der Waals surface area (Å²) in [5.74, 6) is 0.356. The Hall–Kier alpha value is -2.05. The van der Waals surface area contributed by atoms with E-state index in [1.54, 1.807) is 17.8 Å². The molecule has 1 aromatic heterocycles. The van der Waals surface area contributed by atoms with Gasteiger partial charge in [-0.15, -0.1) is 11.8 Å². The Kier molecular flexibility index (Phi) is 5.94. The van der Waals surface area contributed by atoms with Crippen LogP contribution in [0.2, 0.25) is 0 Å². The summed E-state index contributed by atoms with van der Waals surface area (Å²) in [6.45, 7) is 0.0541. The molecule has 4 nitrogen and oxygen atoms in total. The Morgan fingerprint density at radius 3 is 2.72 bits per heavy atom. The predicted octanol–water partition coefficient (Wildman–Crippen LogP) is 4.78. The standard InChI is InChI=1S/C19H15BrO4S/c20-14-6-7-16-13(10-19(22)24-17(16)11-14)12-23-18(21)8-9-25-15-4-2-1-3-5-15/h1-7,10-11H,8-9,12H2. The summed E-state index contributed by atoms with van der Waals surface area (Å²) in [6, 6.07) is 16.7. The summed E-state index contributed by atoms with van der Waals surface area (Å²) in [6.07, 6.45) is 0.310. The molecule has 1 heterocycles. The highest BCUT2D eigenvalue weighted by atomic mass is 79.9. The van der Waals surface area contributed by atoms with Gasteiger partial charge in [-0.2, -0.15) is 0 Å². The molecular weight excluding hydrogens is 404 g/mol. The van der Waals surface area contributed by atoms with Crippen LogP contribution >= 0.6 is 27.7 Å². The SMILES string of the molecule is O=C(CCSc1ccccc1)OCc1cc(=O)oc2cc(Br)ccc12. The molecule has 25 heavy (non-hydrogen) atoms. The van der Waals surface area contributed by atoms with Crippen molar-refractivity contribution in [3.05, 3.63) is 75.1 Å². The van der Waals surface area contributed by atoms with Gasteiger partial charge in [-0.3, -0.25) is 4.79 Å². The maximum Gasteiger partial charge on any atom is 0.336 e. The summed E-state index contributed by atoms with van der Waals surface area (Å²) in [5.41, 5.74) is 0.645. The lowest BCUT2D eigenvalue weighted by Crippen LogP contribution is -2.08. The van der Waals surface area contributed by atoms with Crippen molar-refractivity contribution in [3.63, 3.8) is 0 Å². The molecule has 2 aromatic carbocycles. The van der Waals surface area contributed by atoms with E-state index in [1.165, 1.54) is 6.07 Å². The van der Waals surface area contributed by atoms with Gasteiger partial charge in [-0.05, 0) is 30.3 Å². The summed E-state index contributed by atoms with van der Waals surface area (Å²) >= 11 is 4.95. The zero-order valence-electron chi connectivity index (χ0n) is 13.2. The van der Waals surface area contributed by atoms with Crippen molar-refractivity contribution in [2.75, 3.05) is 5.75 Å². The monoisotopic (exact) mass is 418 g/mol. The number of esters is 1. The summed E-state index contributed by atoms with van der Waals surface area (Å²) in [7, 11) is 0. The van der Waals surface area contributed by atoms with Gasteiger partial charge in [-0.25, -0.2) is 4.79 Å². The lowest BCUT2D eigenvalue weighted by molar-refractivity contribution is -0.144. The van der Waals surface area contributed by atoms with Gasteiger partial charge in [0.25, 0.3) is 0 Å². The molecule has 3 aromatic rings. The molecule has 0 saturated carbocycles. The van der Waals surface area contributed by atoms with E-state index >= 15 is 0 Å². The zero-order valence-corrected chi connectivity index (χ0v) is 15.6. The fourth-order valence-corrected chi connectivity index (χ4v) is 3.52. The summed E-state index contributed by atoms with van der Waals surface area (Å²) in [4.78, 5) is 24.7. The molecule has 0 amide bonds. The summed E-state index contributed by atoms with van der Waals surface area (Å²) < 4.78 is 11.3. The highest BCUT2D eigenvalue weighted by Gasteiger charge is 2.09. The fourth-order valence-electron chi connectivity index (χ4n) is 2.32. The van der Waals surface area contributed by atoms with Crippen molar-refractivity contribution in [3.8, 4) is 0 Å². The second-order valence-corrected chi connectivity index (χ2v) is 7.39. The molecule has 0 spiro atoms. The molecule has 0 fully saturated rings. The van der Waals surface area contributed by atoms with Crippen LogP contribution in [0.4, 0.5) is 0 Å². The van der Waals surface area contributed by atoms with E-state index < -0.39 is 5.63 Å². The lowest BCUT2D eigenvalue weighted by atomic mass is 10.1. The Morgan fingerprint density at radius 2 is 1.92 bits per heavy atom. The molecule has 6 heteroatoms. The first-order valence-corrected chi connectivity index (χ1v) is 9.45. The predicted molar refractivity (Wildman–Crippen MR) is 102 cm³/mol. The minimum absolute atomic E-state index is 0.0541. The number of carbonyl (C=O) groups is 1. The fraction of sp³-hybridized carbons (Fsp3) is 0.158. The zero-order chi connectivity index (χ0) is 17.6. The molecule has 0 saturated heterocycles. The quantitative estimate of drug-likeness (QED) is 0.327. The molecule has 3 rings (SSSR count). The van der Waals surface area contributed by atoms with E-state index in [0.717, 1.165) is 14.8 Å². The van der Waals surface area contributed by atoms with Gasteiger partial charge >= 0.3 is 11.6 Å². The van der Waals surface area contributed by atoms with Gasteiger partial charge in [-0.1, -0.05) is 34.1 Å². The number of rotatable bonds is 6. The smallest absolute Gasteiger partial charge is 0.336 e. The van der Waals surface area contributed by atoms with Crippen LogP contribution in [0.3, 0.4) is 0 Å². The first-order valence-electron chi connectivity index (χ1n) is 7.67. The van der Waals surface area contributed by atoms with Gasteiger partial charge in [0.1, 0.15) is 12.2 Å². The lowest BCUT2D eigenvalue weighted by Gasteiger charge is -2.07. The average Bonchev–Trinajstić information content (AvgIpc) is 2.60. The van der Waals surface area contributed by atoms with Crippen LogP contribution in [0.25, 0.3) is 11.0 Å². The van der Waals surface area contributed by atoms with Crippen molar-refractivity contribution in [1.29, 1.82) is 0 Å². The van der Waals surface area contributed by atoms with Crippen molar-refractivity contribution >= 4 is 44.6 Å².